The van der Waals surface area contributed by atoms with Crippen molar-refractivity contribution in [1.82, 2.24) is 5.06 Å². The Morgan fingerprint density at radius 2 is 1.80 bits per heavy atom. The van der Waals surface area contributed by atoms with Crippen LogP contribution in [0.15, 0.2) is 30.4 Å². The van der Waals surface area contributed by atoms with Crippen LogP contribution in [0.4, 0.5) is 0 Å². The van der Waals surface area contributed by atoms with Gasteiger partial charge in [-0.1, -0.05) is 58.0 Å². The van der Waals surface area contributed by atoms with E-state index in [0.29, 0.717) is 6.42 Å². The van der Waals surface area contributed by atoms with Gasteiger partial charge in [0.1, 0.15) is 0 Å². The van der Waals surface area contributed by atoms with Crippen LogP contribution in [-0.4, -0.2) is 25.1 Å². The quantitative estimate of drug-likeness (QED) is 0.549. The van der Waals surface area contributed by atoms with E-state index in [1.54, 1.807) is 7.05 Å². The van der Waals surface area contributed by atoms with Crippen molar-refractivity contribution in [2.45, 2.75) is 70.6 Å². The molecule has 138 valence electrons. The largest absolute Gasteiger partial charge is 0.275 e. The molecule has 0 saturated heterocycles. The van der Waals surface area contributed by atoms with Gasteiger partial charge in [0, 0.05) is 7.05 Å². The Hall–Kier alpha value is -1.61. The Morgan fingerprint density at radius 1 is 1.20 bits per heavy atom. The molecule has 0 spiro atoms. The second-order valence-corrected chi connectivity index (χ2v) is 8.45. The van der Waals surface area contributed by atoms with Crippen molar-refractivity contribution in [3.05, 3.63) is 47.0 Å². The summed E-state index contributed by atoms with van der Waals surface area (Å²) in [5.74, 6) is -0.222. The van der Waals surface area contributed by atoms with Crippen molar-refractivity contribution in [3.8, 4) is 0 Å². The number of nitrogens with zero attached hydrogens (tertiary/aromatic N) is 1. The third-order valence-electron chi connectivity index (χ3n) is 5.77. The van der Waals surface area contributed by atoms with Gasteiger partial charge >= 0.3 is 0 Å². The number of hydroxylamine groups is 2. The molecule has 0 aromatic heterocycles. The molecular formula is C22H33NO2. The van der Waals surface area contributed by atoms with Crippen LogP contribution in [0.5, 0.6) is 0 Å². The standard InChI is InChI=1S/C22H33NO2/c1-8-9-10-17(20(24)23(6)25-7)16-11-12-18-19(15-16)22(4,5)14-13-21(18,2)3/h8-9,11-12,15,17H,10,13-14H2,1-7H3. The maximum Gasteiger partial charge on any atom is 0.253 e. The molecule has 1 amide bonds. The van der Waals surface area contributed by atoms with Crippen molar-refractivity contribution < 1.29 is 9.63 Å². The highest BCUT2D eigenvalue weighted by Crippen LogP contribution is 2.46. The van der Waals surface area contributed by atoms with Gasteiger partial charge in [-0.15, -0.1) is 0 Å². The minimum absolute atomic E-state index is 0.00609. The molecule has 1 aliphatic carbocycles. The summed E-state index contributed by atoms with van der Waals surface area (Å²) in [6, 6.07) is 6.65. The first kappa shape index (κ1) is 19.7. The van der Waals surface area contributed by atoms with Crippen LogP contribution in [0.1, 0.15) is 76.5 Å². The number of hydrogen-bond acceptors (Lipinski definition) is 2. The number of rotatable bonds is 5. The van der Waals surface area contributed by atoms with E-state index in [1.807, 2.05) is 13.0 Å². The Labute approximate surface area is 153 Å². The van der Waals surface area contributed by atoms with Crippen molar-refractivity contribution in [2.24, 2.45) is 0 Å². The molecule has 0 fully saturated rings. The first-order chi connectivity index (χ1) is 11.6. The summed E-state index contributed by atoms with van der Waals surface area (Å²) < 4.78 is 0. The fraction of sp³-hybridized carbons (Fsp3) is 0.591. The maximum absolute atomic E-state index is 12.8. The van der Waals surface area contributed by atoms with Crippen molar-refractivity contribution in [3.63, 3.8) is 0 Å². The SMILES string of the molecule is CC=CCC(C(=O)N(C)OC)c1ccc2c(c1)C(C)(C)CCC2(C)C. The fourth-order valence-electron chi connectivity index (χ4n) is 3.78. The van der Waals surface area contributed by atoms with Crippen molar-refractivity contribution in [1.29, 1.82) is 0 Å². The summed E-state index contributed by atoms with van der Waals surface area (Å²) in [7, 11) is 3.21. The number of amides is 1. The second-order valence-electron chi connectivity index (χ2n) is 8.45. The molecule has 1 atom stereocenters. The van der Waals surface area contributed by atoms with E-state index < -0.39 is 0 Å². The van der Waals surface area contributed by atoms with Gasteiger partial charge in [-0.05, 0) is 53.7 Å². The first-order valence-corrected chi connectivity index (χ1v) is 9.22. The van der Waals surface area contributed by atoms with Crippen LogP contribution in [0.3, 0.4) is 0 Å². The van der Waals surface area contributed by atoms with Crippen molar-refractivity contribution in [2.75, 3.05) is 14.2 Å². The van der Waals surface area contributed by atoms with Crippen LogP contribution in [0.2, 0.25) is 0 Å². The van der Waals surface area contributed by atoms with Gasteiger partial charge in [0.15, 0.2) is 0 Å². The summed E-state index contributed by atoms with van der Waals surface area (Å²) in [4.78, 5) is 17.9. The molecule has 1 aromatic rings. The normalized spacial score (nSPS) is 19.5. The average molecular weight is 344 g/mol. The highest BCUT2D eigenvalue weighted by molar-refractivity contribution is 5.83. The minimum Gasteiger partial charge on any atom is -0.275 e. The van der Waals surface area contributed by atoms with Crippen LogP contribution in [0.25, 0.3) is 0 Å². The summed E-state index contributed by atoms with van der Waals surface area (Å²) in [6.45, 7) is 11.3. The third kappa shape index (κ3) is 3.98. The number of carbonyl (C=O) groups is 1. The summed E-state index contributed by atoms with van der Waals surface area (Å²) in [5, 5.41) is 1.34. The predicted octanol–water partition coefficient (Wildman–Crippen LogP) is 5.11. The Balaban J connectivity index is 2.51. The first-order valence-electron chi connectivity index (χ1n) is 9.22. The molecule has 2 rings (SSSR count). The van der Waals surface area contributed by atoms with Gasteiger partial charge < -0.3 is 0 Å². The van der Waals surface area contributed by atoms with Gasteiger partial charge in [-0.25, -0.2) is 5.06 Å². The van der Waals surface area contributed by atoms with Crippen LogP contribution < -0.4 is 0 Å². The molecule has 3 heteroatoms. The number of benzene rings is 1. The third-order valence-corrected chi connectivity index (χ3v) is 5.77. The Bertz CT molecular complexity index is 658. The molecule has 0 aliphatic heterocycles. The number of hydrogen-bond donors (Lipinski definition) is 0. The van der Waals surface area contributed by atoms with E-state index in [9.17, 15) is 4.79 Å². The van der Waals surface area contributed by atoms with E-state index in [-0.39, 0.29) is 22.7 Å². The number of fused-ring (bicyclic) bond motifs is 1. The lowest BCUT2D eigenvalue weighted by molar-refractivity contribution is -0.170. The Morgan fingerprint density at radius 3 is 2.36 bits per heavy atom. The van der Waals surface area contributed by atoms with Crippen LogP contribution in [0, 0.1) is 0 Å². The highest BCUT2D eigenvalue weighted by atomic mass is 16.7. The number of carbonyl (C=O) groups excluding carboxylic acids is 1. The zero-order chi connectivity index (χ0) is 18.8. The molecular weight excluding hydrogens is 310 g/mol. The van der Waals surface area contributed by atoms with E-state index >= 15 is 0 Å². The molecule has 0 radical (unpaired) electrons. The lowest BCUT2D eigenvalue weighted by Crippen LogP contribution is -2.35. The zero-order valence-electron chi connectivity index (χ0n) is 16.8. The van der Waals surface area contributed by atoms with Gasteiger partial charge in [0.2, 0.25) is 0 Å². The van der Waals surface area contributed by atoms with Gasteiger partial charge in [-0.3, -0.25) is 9.63 Å². The van der Waals surface area contributed by atoms with Gasteiger partial charge in [-0.2, -0.15) is 0 Å². The van der Waals surface area contributed by atoms with E-state index in [2.05, 4.69) is 52.0 Å². The van der Waals surface area contributed by atoms with Gasteiger partial charge in [0.25, 0.3) is 5.91 Å². The maximum atomic E-state index is 12.8. The summed E-state index contributed by atoms with van der Waals surface area (Å²) in [6.07, 6.45) is 7.10. The molecule has 0 N–H and O–H groups in total. The second kappa shape index (κ2) is 7.33. The highest BCUT2D eigenvalue weighted by Gasteiger charge is 2.37. The predicted molar refractivity (Wildman–Crippen MR) is 104 cm³/mol. The molecule has 25 heavy (non-hydrogen) atoms. The number of allylic oxidation sites excluding steroid dienone is 2. The van der Waals surface area contributed by atoms with E-state index in [0.717, 1.165) is 5.56 Å². The fourth-order valence-corrected chi connectivity index (χ4v) is 3.78. The zero-order valence-corrected chi connectivity index (χ0v) is 16.8. The molecule has 0 saturated carbocycles. The number of likely N-dealkylation sites (N-methyl/N-ethyl adjacent to an activating group) is 1. The van der Waals surface area contributed by atoms with Crippen molar-refractivity contribution >= 4 is 5.91 Å². The molecule has 0 bridgehead atoms. The van der Waals surface area contributed by atoms with Crippen LogP contribution >= 0.6 is 0 Å². The van der Waals surface area contributed by atoms with E-state index in [1.165, 1.54) is 36.1 Å². The Kier molecular flexibility index (Phi) is 5.78. The molecule has 0 heterocycles. The van der Waals surface area contributed by atoms with E-state index in [4.69, 9.17) is 4.84 Å². The topological polar surface area (TPSA) is 29.5 Å². The summed E-state index contributed by atoms with van der Waals surface area (Å²) >= 11 is 0. The smallest absolute Gasteiger partial charge is 0.253 e. The molecule has 1 aromatic carbocycles. The molecule has 1 unspecified atom stereocenters. The lowest BCUT2D eigenvalue weighted by atomic mass is 9.62. The van der Waals surface area contributed by atoms with Crippen LogP contribution in [-0.2, 0) is 20.5 Å². The molecule has 3 nitrogen and oxygen atoms in total. The average Bonchev–Trinajstić information content (AvgIpc) is 2.58. The minimum atomic E-state index is -0.215. The lowest BCUT2D eigenvalue weighted by Gasteiger charge is -2.42. The molecule has 1 aliphatic rings. The van der Waals surface area contributed by atoms with Gasteiger partial charge in [0.05, 0.1) is 13.0 Å². The summed E-state index contributed by atoms with van der Waals surface area (Å²) in [5.41, 5.74) is 4.22. The monoisotopic (exact) mass is 343 g/mol.